The Balaban J connectivity index is 4.39. The fourth-order valence-corrected chi connectivity index (χ4v) is 2.92. The van der Waals surface area contributed by atoms with Crippen molar-refractivity contribution in [2.75, 3.05) is 13.1 Å². The third-order valence-corrected chi connectivity index (χ3v) is 4.96. The Labute approximate surface area is 194 Å². The van der Waals surface area contributed by atoms with Gasteiger partial charge in [0.15, 0.2) is 5.78 Å². The van der Waals surface area contributed by atoms with Gasteiger partial charge in [-0.05, 0) is 19.3 Å². The van der Waals surface area contributed by atoms with Crippen LogP contribution in [0.4, 0.5) is 0 Å². The van der Waals surface area contributed by atoms with Gasteiger partial charge in [0.2, 0.25) is 23.6 Å². The number of hydrogen-bond donors (Lipinski definition) is 5. The van der Waals surface area contributed by atoms with Gasteiger partial charge in [-0.2, -0.15) is 0 Å². The fourth-order valence-electron chi connectivity index (χ4n) is 2.92. The van der Waals surface area contributed by atoms with E-state index in [9.17, 15) is 28.8 Å². The monoisotopic (exact) mass is 470 g/mol. The minimum absolute atomic E-state index is 0.0189. The zero-order valence-electron chi connectivity index (χ0n) is 20.5. The van der Waals surface area contributed by atoms with Crippen LogP contribution in [0.5, 0.6) is 0 Å². The standard InChI is InChI=1S/C22H38N4O7/c1-12(2)19(31)13(3)26-20(32)14(4)25-16(27)8-9-23-17(28)11-24-21(33)15(10-18(29)30)22(5,6)7/h12-15H,8-11H2,1-7H3,(H,23,28)(H,24,33)(H,25,27)(H,26,32)(H,29,30)/t13-,14-,15?/m0/s1. The maximum absolute atomic E-state index is 12.3. The van der Waals surface area contributed by atoms with E-state index in [1.807, 2.05) is 0 Å². The van der Waals surface area contributed by atoms with Crippen LogP contribution in [0, 0.1) is 17.3 Å². The van der Waals surface area contributed by atoms with Crippen LogP contribution in [-0.4, -0.2) is 65.7 Å². The van der Waals surface area contributed by atoms with Gasteiger partial charge in [0, 0.05) is 18.9 Å². The SMILES string of the molecule is CC(C)C(=O)[C@H](C)NC(=O)[C@H](C)NC(=O)CCNC(=O)CNC(=O)C(CC(=O)O)C(C)(C)C. The van der Waals surface area contributed by atoms with E-state index >= 15 is 0 Å². The summed E-state index contributed by atoms with van der Waals surface area (Å²) in [7, 11) is 0. The summed E-state index contributed by atoms with van der Waals surface area (Å²) in [6, 6.07) is -1.53. The quantitative estimate of drug-likeness (QED) is 0.252. The average molecular weight is 471 g/mol. The van der Waals surface area contributed by atoms with Gasteiger partial charge < -0.3 is 26.4 Å². The molecule has 0 rings (SSSR count). The van der Waals surface area contributed by atoms with Crippen molar-refractivity contribution in [1.82, 2.24) is 21.3 Å². The smallest absolute Gasteiger partial charge is 0.304 e. The number of amides is 4. The van der Waals surface area contributed by atoms with Gasteiger partial charge in [-0.15, -0.1) is 0 Å². The lowest BCUT2D eigenvalue weighted by Gasteiger charge is -2.28. The van der Waals surface area contributed by atoms with Crippen molar-refractivity contribution in [3.8, 4) is 0 Å². The predicted octanol–water partition coefficient (Wildman–Crippen LogP) is -0.0196. The highest BCUT2D eigenvalue weighted by Crippen LogP contribution is 2.28. The molecule has 11 nitrogen and oxygen atoms in total. The van der Waals surface area contributed by atoms with Gasteiger partial charge in [0.1, 0.15) is 6.04 Å². The summed E-state index contributed by atoms with van der Waals surface area (Å²) in [5, 5.41) is 18.9. The molecule has 0 saturated heterocycles. The van der Waals surface area contributed by atoms with Crippen LogP contribution in [0.1, 0.15) is 61.3 Å². The average Bonchev–Trinajstić information content (AvgIpc) is 2.68. The molecule has 33 heavy (non-hydrogen) atoms. The summed E-state index contributed by atoms with van der Waals surface area (Å²) in [4.78, 5) is 71.2. The van der Waals surface area contributed by atoms with Gasteiger partial charge in [0.25, 0.3) is 0 Å². The molecule has 0 aromatic carbocycles. The number of ketones is 1. The second-order valence-corrected chi connectivity index (χ2v) is 9.41. The Morgan fingerprint density at radius 1 is 0.788 bits per heavy atom. The first-order valence-corrected chi connectivity index (χ1v) is 11.0. The number of carbonyl (C=O) groups is 6. The van der Waals surface area contributed by atoms with E-state index in [4.69, 9.17) is 5.11 Å². The first kappa shape index (κ1) is 30.0. The summed E-state index contributed by atoms with van der Waals surface area (Å²) in [5.41, 5.74) is -0.597. The number of carbonyl (C=O) groups excluding carboxylic acids is 5. The van der Waals surface area contributed by atoms with Gasteiger partial charge in [-0.1, -0.05) is 34.6 Å². The molecular weight excluding hydrogens is 432 g/mol. The number of nitrogens with one attached hydrogen (secondary N) is 4. The van der Waals surface area contributed by atoms with Crippen LogP contribution < -0.4 is 21.3 Å². The highest BCUT2D eigenvalue weighted by molar-refractivity contribution is 5.93. The van der Waals surface area contributed by atoms with Crippen molar-refractivity contribution in [2.45, 2.75) is 73.4 Å². The Hall–Kier alpha value is -2.98. The highest BCUT2D eigenvalue weighted by atomic mass is 16.4. The normalized spacial score (nSPS) is 13.9. The van der Waals surface area contributed by atoms with E-state index in [-0.39, 0.29) is 37.6 Å². The van der Waals surface area contributed by atoms with E-state index < -0.39 is 53.0 Å². The highest BCUT2D eigenvalue weighted by Gasteiger charge is 2.33. The Kier molecular flexibility index (Phi) is 12.3. The summed E-state index contributed by atoms with van der Waals surface area (Å²) < 4.78 is 0. The lowest BCUT2D eigenvalue weighted by Crippen LogP contribution is -2.50. The van der Waals surface area contributed by atoms with Crippen molar-refractivity contribution >= 4 is 35.4 Å². The molecule has 188 valence electrons. The number of carboxylic acid groups (broad SMARTS) is 1. The summed E-state index contributed by atoms with van der Waals surface area (Å²) in [6.45, 7) is 11.4. The molecule has 0 radical (unpaired) electrons. The molecule has 0 bridgehead atoms. The van der Waals surface area contributed by atoms with E-state index in [1.165, 1.54) is 6.92 Å². The van der Waals surface area contributed by atoms with Crippen molar-refractivity contribution < 1.29 is 33.9 Å². The van der Waals surface area contributed by atoms with E-state index in [0.717, 1.165) is 0 Å². The van der Waals surface area contributed by atoms with Crippen molar-refractivity contribution in [3.05, 3.63) is 0 Å². The second-order valence-electron chi connectivity index (χ2n) is 9.41. The number of Topliss-reactive ketones (excluding diaryl/α,β-unsaturated/α-hetero) is 1. The number of hydrogen-bond acceptors (Lipinski definition) is 6. The van der Waals surface area contributed by atoms with Gasteiger partial charge >= 0.3 is 5.97 Å². The van der Waals surface area contributed by atoms with Crippen LogP contribution in [0.2, 0.25) is 0 Å². The molecule has 1 unspecified atom stereocenters. The molecule has 0 spiro atoms. The predicted molar refractivity (Wildman–Crippen MR) is 121 cm³/mol. The van der Waals surface area contributed by atoms with Crippen LogP contribution in [0.3, 0.4) is 0 Å². The molecule has 0 aliphatic heterocycles. The zero-order chi connectivity index (χ0) is 25.9. The van der Waals surface area contributed by atoms with Crippen molar-refractivity contribution in [2.24, 2.45) is 17.3 Å². The largest absolute Gasteiger partial charge is 0.481 e. The maximum atomic E-state index is 12.3. The first-order valence-electron chi connectivity index (χ1n) is 11.0. The van der Waals surface area contributed by atoms with Gasteiger partial charge in [-0.3, -0.25) is 28.8 Å². The molecule has 4 amide bonds. The summed E-state index contributed by atoms with van der Waals surface area (Å²) in [5.74, 6) is -4.30. The zero-order valence-corrected chi connectivity index (χ0v) is 20.5. The second kappa shape index (κ2) is 13.5. The topological polar surface area (TPSA) is 171 Å². The Morgan fingerprint density at radius 2 is 1.36 bits per heavy atom. The molecule has 5 N–H and O–H groups in total. The third-order valence-electron chi connectivity index (χ3n) is 4.96. The van der Waals surface area contributed by atoms with Gasteiger partial charge in [-0.25, -0.2) is 0 Å². The lowest BCUT2D eigenvalue weighted by atomic mass is 9.78. The summed E-state index contributed by atoms with van der Waals surface area (Å²) >= 11 is 0. The number of rotatable bonds is 13. The molecule has 3 atom stereocenters. The molecule has 0 fully saturated rings. The van der Waals surface area contributed by atoms with E-state index in [2.05, 4.69) is 21.3 Å². The number of carboxylic acids is 1. The summed E-state index contributed by atoms with van der Waals surface area (Å²) in [6.07, 6.45) is -0.450. The maximum Gasteiger partial charge on any atom is 0.304 e. The van der Waals surface area contributed by atoms with Crippen LogP contribution in [-0.2, 0) is 28.8 Å². The molecule has 0 heterocycles. The minimum Gasteiger partial charge on any atom is -0.481 e. The minimum atomic E-state index is -1.11. The van der Waals surface area contributed by atoms with Crippen molar-refractivity contribution in [3.63, 3.8) is 0 Å². The van der Waals surface area contributed by atoms with Crippen LogP contribution in [0.15, 0.2) is 0 Å². The third kappa shape index (κ3) is 12.0. The van der Waals surface area contributed by atoms with E-state index in [0.29, 0.717) is 0 Å². The Morgan fingerprint density at radius 3 is 1.85 bits per heavy atom. The first-order chi connectivity index (χ1) is 15.1. The number of aliphatic carboxylic acids is 1. The molecule has 0 aliphatic rings. The van der Waals surface area contributed by atoms with Crippen LogP contribution >= 0.6 is 0 Å². The molecule has 0 aliphatic carbocycles. The van der Waals surface area contributed by atoms with Crippen molar-refractivity contribution in [1.29, 1.82) is 0 Å². The van der Waals surface area contributed by atoms with Crippen LogP contribution in [0.25, 0.3) is 0 Å². The molecular formula is C22H38N4O7. The lowest BCUT2D eigenvalue weighted by molar-refractivity contribution is -0.143. The molecule has 11 heteroatoms. The Bertz CT molecular complexity index is 744. The molecule has 0 saturated carbocycles. The molecule has 0 aromatic rings. The fraction of sp³-hybridized carbons (Fsp3) is 0.727. The van der Waals surface area contributed by atoms with E-state index in [1.54, 1.807) is 41.5 Å². The molecule has 0 aromatic heterocycles. The van der Waals surface area contributed by atoms with Gasteiger partial charge in [0.05, 0.1) is 24.9 Å².